The molecule has 4 heterocycles. The Labute approximate surface area is 263 Å². The monoisotopic (exact) mass is 633 g/mol. The Kier molecular flexibility index (Phi) is 8.47. The molecular weight excluding hydrogens is 597 g/mol. The van der Waals surface area contributed by atoms with Gasteiger partial charge in [-0.3, -0.25) is 9.69 Å². The number of anilines is 5. The number of carbonyl (C=O) groups excluding carboxylic acids is 1. The number of hydrogen-bond donors (Lipinski definition) is 2. The van der Waals surface area contributed by atoms with Crippen molar-refractivity contribution in [1.29, 1.82) is 0 Å². The number of para-hydroxylation sites is 1. The summed E-state index contributed by atoms with van der Waals surface area (Å²) in [5.41, 5.74) is 3.74. The van der Waals surface area contributed by atoms with Crippen LogP contribution in [0.1, 0.15) is 18.4 Å². The summed E-state index contributed by atoms with van der Waals surface area (Å²) in [5.74, 6) is 3.67. The number of piperidine rings is 1. The summed E-state index contributed by atoms with van der Waals surface area (Å²) in [6, 6.07) is 12.3. The minimum atomic E-state index is -2.52. The molecule has 6 rings (SSSR count). The molecule has 1 aromatic heterocycles. The fourth-order valence-corrected chi connectivity index (χ4v) is 7.77. The third-order valence-electron chi connectivity index (χ3n) is 8.63. The van der Waals surface area contributed by atoms with E-state index < -0.39 is 7.14 Å². The standard InChI is InChI=1S/C32H37ClN7O3P/c1-5-29(41)38-12-10-23(11-13-38)39-14-15-40-24(19-39)20-43-27-17-22(16-21(2)30(27)40)35-32-34-18-25(33)31(37-32)36-26-8-6-7-9-28(26)44(3,4)42/h1,6-9,16-18,23-24H,10-15,19-20H2,2-4H3,(H2,34,35,36,37)/t24-/m1/s1. The molecule has 0 bridgehead atoms. The Morgan fingerprint density at radius 3 is 2.64 bits per heavy atom. The zero-order valence-corrected chi connectivity index (χ0v) is 26.9. The summed E-state index contributed by atoms with van der Waals surface area (Å²) in [7, 11) is -2.52. The van der Waals surface area contributed by atoms with Crippen LogP contribution in [0.25, 0.3) is 0 Å². The predicted molar refractivity (Wildman–Crippen MR) is 177 cm³/mol. The summed E-state index contributed by atoms with van der Waals surface area (Å²) >= 11 is 6.45. The van der Waals surface area contributed by atoms with Gasteiger partial charge in [0.25, 0.3) is 5.91 Å². The number of nitrogens with one attached hydrogen (secondary N) is 2. The molecular formula is C32H37ClN7O3P. The maximum absolute atomic E-state index is 12.8. The Morgan fingerprint density at radius 1 is 1.11 bits per heavy atom. The maximum Gasteiger partial charge on any atom is 0.298 e. The first-order valence-corrected chi connectivity index (χ1v) is 17.8. The molecule has 1 amide bonds. The Morgan fingerprint density at radius 2 is 1.89 bits per heavy atom. The van der Waals surface area contributed by atoms with Gasteiger partial charge in [-0.05, 0) is 62.8 Å². The molecule has 2 saturated heterocycles. The van der Waals surface area contributed by atoms with E-state index in [1.165, 1.54) is 0 Å². The molecule has 2 fully saturated rings. The number of benzene rings is 2. The molecule has 1 atom stereocenters. The van der Waals surface area contributed by atoms with Gasteiger partial charge in [-0.2, -0.15) is 4.98 Å². The molecule has 0 unspecified atom stereocenters. The first-order valence-electron chi connectivity index (χ1n) is 14.9. The number of aromatic nitrogens is 2. The fourth-order valence-electron chi connectivity index (χ4n) is 6.48. The number of halogens is 1. The van der Waals surface area contributed by atoms with Crippen LogP contribution < -0.4 is 25.6 Å². The smallest absolute Gasteiger partial charge is 0.298 e. The van der Waals surface area contributed by atoms with Crippen LogP contribution in [-0.4, -0.2) is 90.4 Å². The van der Waals surface area contributed by atoms with Crippen molar-refractivity contribution in [3.63, 3.8) is 0 Å². The maximum atomic E-state index is 12.8. The highest BCUT2D eigenvalue weighted by atomic mass is 35.5. The first-order chi connectivity index (χ1) is 21.1. The molecule has 230 valence electrons. The van der Waals surface area contributed by atoms with Gasteiger partial charge in [0.05, 0.1) is 23.6 Å². The number of carbonyl (C=O) groups is 1. The number of fused-ring (bicyclic) bond motifs is 3. The quantitative estimate of drug-likeness (QED) is 0.296. The second-order valence-corrected chi connectivity index (χ2v) is 15.6. The van der Waals surface area contributed by atoms with Crippen molar-refractivity contribution < 1.29 is 14.1 Å². The molecule has 2 N–H and O–H groups in total. The average Bonchev–Trinajstić information content (AvgIpc) is 3.01. The van der Waals surface area contributed by atoms with Crippen molar-refractivity contribution in [1.82, 2.24) is 19.8 Å². The van der Waals surface area contributed by atoms with E-state index in [0.29, 0.717) is 48.2 Å². The van der Waals surface area contributed by atoms with Gasteiger partial charge in [0, 0.05) is 55.8 Å². The largest absolute Gasteiger partial charge is 0.489 e. The van der Waals surface area contributed by atoms with Gasteiger partial charge in [0.1, 0.15) is 24.5 Å². The number of likely N-dealkylation sites (tertiary alicyclic amines) is 1. The highest BCUT2D eigenvalue weighted by molar-refractivity contribution is 7.70. The Bertz CT molecular complexity index is 1660. The first kappa shape index (κ1) is 30.3. The number of rotatable bonds is 6. The molecule has 10 nitrogen and oxygen atoms in total. The van der Waals surface area contributed by atoms with Gasteiger partial charge in [-0.15, -0.1) is 6.42 Å². The van der Waals surface area contributed by atoms with E-state index in [4.69, 9.17) is 22.8 Å². The lowest BCUT2D eigenvalue weighted by atomic mass is 9.99. The van der Waals surface area contributed by atoms with Gasteiger partial charge in [-0.25, -0.2) is 4.98 Å². The van der Waals surface area contributed by atoms with Gasteiger partial charge in [-0.1, -0.05) is 23.7 Å². The van der Waals surface area contributed by atoms with E-state index in [1.807, 2.05) is 30.3 Å². The van der Waals surface area contributed by atoms with E-state index in [1.54, 1.807) is 24.4 Å². The third-order valence-corrected chi connectivity index (χ3v) is 10.5. The average molecular weight is 634 g/mol. The number of hydrogen-bond acceptors (Lipinski definition) is 9. The molecule has 12 heteroatoms. The molecule has 44 heavy (non-hydrogen) atoms. The third kappa shape index (κ3) is 6.23. The molecule has 3 aromatic rings. The van der Waals surface area contributed by atoms with Crippen LogP contribution in [0.2, 0.25) is 5.02 Å². The molecule has 3 aliphatic heterocycles. The van der Waals surface area contributed by atoms with E-state index in [9.17, 15) is 9.36 Å². The molecule has 0 aliphatic carbocycles. The highest BCUT2D eigenvalue weighted by Crippen LogP contribution is 2.42. The fraction of sp³-hybridized carbons (Fsp3) is 0.406. The summed E-state index contributed by atoms with van der Waals surface area (Å²) in [5, 5.41) is 7.64. The minimum absolute atomic E-state index is 0.207. The van der Waals surface area contributed by atoms with Crippen LogP contribution in [0, 0.1) is 19.3 Å². The number of piperazine rings is 1. The van der Waals surface area contributed by atoms with Gasteiger partial charge in [0.15, 0.2) is 5.82 Å². The van der Waals surface area contributed by atoms with E-state index in [2.05, 4.69) is 49.3 Å². The van der Waals surface area contributed by atoms with Gasteiger partial charge < -0.3 is 29.7 Å². The van der Waals surface area contributed by atoms with E-state index in [0.717, 1.165) is 60.5 Å². The van der Waals surface area contributed by atoms with Crippen LogP contribution in [-0.2, 0) is 9.36 Å². The lowest BCUT2D eigenvalue weighted by Crippen LogP contribution is -2.60. The molecule has 0 spiro atoms. The SMILES string of the molecule is C#CC(=O)N1CCC(N2CCN3c4c(C)cc(Nc5ncc(Cl)c(Nc6ccccc6P(C)(C)=O)n5)cc4OC[C@H]3C2)CC1. The van der Waals surface area contributed by atoms with Crippen LogP contribution in [0.4, 0.5) is 28.8 Å². The lowest BCUT2D eigenvalue weighted by molar-refractivity contribution is -0.126. The lowest BCUT2D eigenvalue weighted by Gasteiger charge is -2.49. The zero-order valence-electron chi connectivity index (χ0n) is 25.2. The molecule has 0 saturated carbocycles. The minimum Gasteiger partial charge on any atom is -0.489 e. The van der Waals surface area contributed by atoms with Crippen LogP contribution in [0.3, 0.4) is 0 Å². The van der Waals surface area contributed by atoms with Crippen molar-refractivity contribution in [3.05, 3.63) is 53.2 Å². The summed E-state index contributed by atoms with van der Waals surface area (Å²) in [4.78, 5) is 27.7. The number of nitrogens with zero attached hydrogens (tertiary/aromatic N) is 5. The molecule has 3 aliphatic rings. The number of ether oxygens (including phenoxy) is 1. The van der Waals surface area contributed by atoms with Crippen molar-refractivity contribution in [2.45, 2.75) is 31.8 Å². The zero-order chi connectivity index (χ0) is 31.0. The summed E-state index contributed by atoms with van der Waals surface area (Å²) in [6.45, 7) is 10.4. The molecule has 2 aromatic carbocycles. The van der Waals surface area contributed by atoms with Crippen molar-refractivity contribution in [2.24, 2.45) is 0 Å². The second kappa shape index (κ2) is 12.3. The Hall–Kier alpha value is -3.77. The van der Waals surface area contributed by atoms with Crippen molar-refractivity contribution in [2.75, 3.05) is 68.2 Å². The number of amides is 1. The summed E-state index contributed by atoms with van der Waals surface area (Å²) < 4.78 is 19.2. The topological polar surface area (TPSA) is 103 Å². The summed E-state index contributed by atoms with van der Waals surface area (Å²) in [6.07, 6.45) is 8.74. The normalized spacial score (nSPS) is 18.9. The predicted octanol–water partition coefficient (Wildman–Crippen LogP) is 4.68. The van der Waals surface area contributed by atoms with E-state index in [-0.39, 0.29) is 11.9 Å². The second-order valence-electron chi connectivity index (χ2n) is 12.0. The highest BCUT2D eigenvalue weighted by Gasteiger charge is 2.37. The van der Waals surface area contributed by atoms with Gasteiger partial charge >= 0.3 is 0 Å². The Balaban J connectivity index is 1.14. The molecule has 0 radical (unpaired) electrons. The van der Waals surface area contributed by atoms with Crippen LogP contribution in [0.15, 0.2) is 42.6 Å². The van der Waals surface area contributed by atoms with Crippen molar-refractivity contribution >= 4 is 58.8 Å². The van der Waals surface area contributed by atoms with Crippen LogP contribution in [0.5, 0.6) is 5.75 Å². The van der Waals surface area contributed by atoms with E-state index >= 15 is 0 Å². The number of aryl methyl sites for hydroxylation is 1. The number of terminal acetylenes is 1. The van der Waals surface area contributed by atoms with Crippen molar-refractivity contribution in [3.8, 4) is 18.1 Å². The van der Waals surface area contributed by atoms with Gasteiger partial charge in [0.2, 0.25) is 5.95 Å². The van der Waals surface area contributed by atoms with Crippen LogP contribution >= 0.6 is 18.7 Å².